The first-order valence-corrected chi connectivity index (χ1v) is 4.29. The van der Waals surface area contributed by atoms with Gasteiger partial charge in [-0.1, -0.05) is 0 Å². The van der Waals surface area contributed by atoms with Gasteiger partial charge in [0.2, 0.25) is 0 Å². The molecule has 0 aromatic carbocycles. The Balaban J connectivity index is 2.84. The van der Waals surface area contributed by atoms with Crippen LogP contribution >= 0.6 is 0 Å². The lowest BCUT2D eigenvalue weighted by atomic mass is 10.2. The molecule has 0 fully saturated rings. The van der Waals surface area contributed by atoms with Crippen molar-refractivity contribution in [3.63, 3.8) is 0 Å². The first-order chi connectivity index (χ1) is 6.89. The normalized spacial score (nSPS) is 12.3. The summed E-state index contributed by atoms with van der Waals surface area (Å²) in [5, 5.41) is 3.96. The Kier molecular flexibility index (Phi) is 1.95. The van der Waals surface area contributed by atoms with E-state index in [9.17, 15) is 13.2 Å². The van der Waals surface area contributed by atoms with E-state index in [2.05, 4.69) is 10.1 Å². The van der Waals surface area contributed by atoms with Crippen molar-refractivity contribution >= 4 is 5.65 Å². The largest absolute Gasteiger partial charge is 0.420 e. The Hall–Kier alpha value is -1.59. The third-order valence-electron chi connectivity index (χ3n) is 2.07. The molecule has 2 aromatic heterocycles. The molecule has 0 atom stereocenters. The number of hydrogen-bond donors (Lipinski definition) is 0. The second-order valence-electron chi connectivity index (χ2n) is 3.33. The Labute approximate surface area is 83.5 Å². The van der Waals surface area contributed by atoms with E-state index < -0.39 is 11.7 Å². The van der Waals surface area contributed by atoms with E-state index in [4.69, 9.17) is 0 Å². The van der Waals surface area contributed by atoms with Gasteiger partial charge in [-0.3, -0.25) is 0 Å². The molecule has 0 aliphatic rings. The van der Waals surface area contributed by atoms with Gasteiger partial charge in [0, 0.05) is 0 Å². The van der Waals surface area contributed by atoms with Gasteiger partial charge in [0.05, 0.1) is 17.6 Å². The average Bonchev–Trinajstić information content (AvgIpc) is 2.45. The number of hydrogen-bond acceptors (Lipinski definition) is 2. The van der Waals surface area contributed by atoms with Crippen molar-refractivity contribution < 1.29 is 13.2 Å². The topological polar surface area (TPSA) is 30.2 Å². The van der Waals surface area contributed by atoms with Crippen molar-refractivity contribution in [3.8, 4) is 0 Å². The van der Waals surface area contributed by atoms with Crippen LogP contribution in [-0.4, -0.2) is 14.6 Å². The molecule has 0 amide bonds. The van der Waals surface area contributed by atoms with Crippen LogP contribution in [0.4, 0.5) is 13.2 Å². The van der Waals surface area contributed by atoms with E-state index in [0.717, 1.165) is 6.07 Å². The minimum atomic E-state index is -4.40. The lowest BCUT2D eigenvalue weighted by molar-refractivity contribution is -0.136. The van der Waals surface area contributed by atoms with Gasteiger partial charge in [0.15, 0.2) is 5.65 Å². The van der Waals surface area contributed by atoms with Crippen LogP contribution in [0.1, 0.15) is 17.0 Å². The van der Waals surface area contributed by atoms with Gasteiger partial charge in [-0.15, -0.1) is 0 Å². The van der Waals surface area contributed by atoms with Crippen LogP contribution in [-0.2, 0) is 6.18 Å². The number of aryl methyl sites for hydroxylation is 2. The summed E-state index contributed by atoms with van der Waals surface area (Å²) in [6, 6.07) is 1.00. The number of imidazole rings is 1. The van der Waals surface area contributed by atoms with Crippen LogP contribution in [0, 0.1) is 13.8 Å². The summed E-state index contributed by atoms with van der Waals surface area (Å²) in [5.41, 5.74) is 0.00354. The Bertz CT molecular complexity index is 513. The van der Waals surface area contributed by atoms with E-state index in [1.54, 1.807) is 6.92 Å². The van der Waals surface area contributed by atoms with Gasteiger partial charge in [0.25, 0.3) is 0 Å². The molecule has 0 unspecified atom stereocenters. The maximum atomic E-state index is 12.6. The Morgan fingerprint density at radius 2 is 1.93 bits per heavy atom. The van der Waals surface area contributed by atoms with Gasteiger partial charge in [0.1, 0.15) is 5.56 Å². The molecular formula is C9H8F3N3. The molecule has 2 heterocycles. The minimum Gasteiger partial charge on any atom is -0.235 e. The van der Waals surface area contributed by atoms with Crippen molar-refractivity contribution in [2.24, 2.45) is 0 Å². The standard InChI is InChI=1S/C9H8F3N3/c1-5-3-7(9(10,11)12)8-13-4-6(2)15(8)14-5/h3-4H,1-2H3. The SMILES string of the molecule is Cc1cc(C(F)(F)F)c2ncc(C)n2n1. The van der Waals surface area contributed by atoms with E-state index in [0.29, 0.717) is 11.4 Å². The predicted octanol–water partition coefficient (Wildman–Crippen LogP) is 2.36. The fraction of sp³-hybridized carbons (Fsp3) is 0.333. The zero-order valence-electron chi connectivity index (χ0n) is 8.13. The smallest absolute Gasteiger partial charge is 0.235 e. The predicted molar refractivity (Wildman–Crippen MR) is 47.5 cm³/mol. The van der Waals surface area contributed by atoms with Crippen molar-refractivity contribution in [2.45, 2.75) is 20.0 Å². The summed E-state index contributed by atoms with van der Waals surface area (Å²) in [4.78, 5) is 3.71. The molecule has 0 saturated carbocycles. The number of aromatic nitrogens is 3. The van der Waals surface area contributed by atoms with Crippen molar-refractivity contribution in [3.05, 3.63) is 29.2 Å². The molecule has 0 spiro atoms. The van der Waals surface area contributed by atoms with Gasteiger partial charge >= 0.3 is 6.18 Å². The lowest BCUT2D eigenvalue weighted by Gasteiger charge is -2.08. The minimum absolute atomic E-state index is 0.148. The molecule has 0 radical (unpaired) electrons. The lowest BCUT2D eigenvalue weighted by Crippen LogP contribution is -2.10. The van der Waals surface area contributed by atoms with Gasteiger partial charge < -0.3 is 0 Å². The summed E-state index contributed by atoms with van der Waals surface area (Å²) in [6.07, 6.45) is -3.02. The van der Waals surface area contributed by atoms with E-state index in [1.165, 1.54) is 17.6 Å². The number of alkyl halides is 3. The fourth-order valence-corrected chi connectivity index (χ4v) is 1.41. The number of nitrogens with zero attached hydrogens (tertiary/aromatic N) is 3. The number of rotatable bonds is 0. The second-order valence-corrected chi connectivity index (χ2v) is 3.33. The van der Waals surface area contributed by atoms with Crippen LogP contribution in [0.2, 0.25) is 0 Å². The second kappa shape index (κ2) is 2.95. The van der Waals surface area contributed by atoms with Gasteiger partial charge in [-0.2, -0.15) is 18.3 Å². The first-order valence-electron chi connectivity index (χ1n) is 4.29. The molecule has 0 bridgehead atoms. The summed E-state index contributed by atoms with van der Waals surface area (Å²) in [6.45, 7) is 3.18. The molecule has 0 N–H and O–H groups in total. The molecule has 15 heavy (non-hydrogen) atoms. The Morgan fingerprint density at radius 1 is 1.27 bits per heavy atom. The summed E-state index contributed by atoms with van der Waals surface area (Å²) in [7, 11) is 0. The highest BCUT2D eigenvalue weighted by molar-refractivity contribution is 5.50. The van der Waals surface area contributed by atoms with Crippen LogP contribution in [0.5, 0.6) is 0 Å². The highest BCUT2D eigenvalue weighted by Gasteiger charge is 2.34. The van der Waals surface area contributed by atoms with Crippen LogP contribution in [0.25, 0.3) is 5.65 Å². The molecule has 0 aliphatic carbocycles. The molecule has 2 rings (SSSR count). The van der Waals surface area contributed by atoms with E-state index >= 15 is 0 Å². The third-order valence-corrected chi connectivity index (χ3v) is 2.07. The highest BCUT2D eigenvalue weighted by atomic mass is 19.4. The quantitative estimate of drug-likeness (QED) is 0.675. The molecule has 0 aliphatic heterocycles. The van der Waals surface area contributed by atoms with Crippen LogP contribution in [0.3, 0.4) is 0 Å². The summed E-state index contributed by atoms with van der Waals surface area (Å²) in [5.74, 6) is 0. The number of halogens is 3. The molecule has 2 aromatic rings. The zero-order chi connectivity index (χ0) is 11.2. The third kappa shape index (κ3) is 1.55. The molecule has 0 saturated heterocycles. The first kappa shape index (κ1) is 9.95. The number of fused-ring (bicyclic) bond motifs is 1. The molecule has 6 heteroatoms. The zero-order valence-corrected chi connectivity index (χ0v) is 8.13. The van der Waals surface area contributed by atoms with Crippen LogP contribution < -0.4 is 0 Å². The monoisotopic (exact) mass is 215 g/mol. The molecule has 3 nitrogen and oxygen atoms in total. The molecule has 80 valence electrons. The maximum absolute atomic E-state index is 12.6. The fourth-order valence-electron chi connectivity index (χ4n) is 1.41. The average molecular weight is 215 g/mol. The van der Waals surface area contributed by atoms with Crippen LogP contribution in [0.15, 0.2) is 12.3 Å². The summed E-state index contributed by atoms with van der Waals surface area (Å²) >= 11 is 0. The van der Waals surface area contributed by atoms with Crippen molar-refractivity contribution in [1.82, 2.24) is 14.6 Å². The van der Waals surface area contributed by atoms with E-state index in [1.807, 2.05) is 0 Å². The van der Waals surface area contributed by atoms with Gasteiger partial charge in [-0.25, -0.2) is 9.50 Å². The van der Waals surface area contributed by atoms with Crippen molar-refractivity contribution in [2.75, 3.05) is 0 Å². The maximum Gasteiger partial charge on any atom is 0.420 e. The Morgan fingerprint density at radius 3 is 2.53 bits per heavy atom. The van der Waals surface area contributed by atoms with E-state index in [-0.39, 0.29) is 5.65 Å². The van der Waals surface area contributed by atoms with Crippen molar-refractivity contribution in [1.29, 1.82) is 0 Å². The van der Waals surface area contributed by atoms with Gasteiger partial charge in [-0.05, 0) is 19.9 Å². The molecular weight excluding hydrogens is 207 g/mol. The highest BCUT2D eigenvalue weighted by Crippen LogP contribution is 2.32. The summed E-state index contributed by atoms with van der Waals surface area (Å²) < 4.78 is 39.1.